The molecule has 0 aliphatic carbocycles. The normalized spacial score (nSPS) is 23.9. The molecule has 1 unspecified atom stereocenters. The molecule has 3 heterocycles. The van der Waals surface area contributed by atoms with Crippen LogP contribution in [-0.4, -0.2) is 42.8 Å². The largest absolute Gasteiger partial charge is 0.368 e. The minimum Gasteiger partial charge on any atom is -0.368 e. The fourth-order valence-electron chi connectivity index (χ4n) is 4.27. The van der Waals surface area contributed by atoms with Crippen molar-refractivity contribution >= 4 is 16.7 Å². The van der Waals surface area contributed by atoms with E-state index in [2.05, 4.69) is 40.1 Å². The van der Waals surface area contributed by atoms with Gasteiger partial charge in [0.2, 0.25) is 0 Å². The number of likely N-dealkylation sites (tertiary alicyclic amines) is 1. The summed E-state index contributed by atoms with van der Waals surface area (Å²) in [6.45, 7) is 8.47. The Kier molecular flexibility index (Phi) is 4.25. The summed E-state index contributed by atoms with van der Waals surface area (Å²) in [7, 11) is 0. The third kappa shape index (κ3) is 3.09. The van der Waals surface area contributed by atoms with Crippen LogP contribution >= 0.6 is 0 Å². The summed E-state index contributed by atoms with van der Waals surface area (Å²) < 4.78 is 5.47. The first-order chi connectivity index (χ1) is 11.3. The number of aromatic nitrogens is 1. The molecule has 0 saturated carbocycles. The number of para-hydroxylation sites is 1. The van der Waals surface area contributed by atoms with E-state index in [4.69, 9.17) is 4.52 Å². The standard InChI is InChI=1S/C19H27N3O/c1-2-15-6-9-21(10-7-15)13-16-8-11-22(14-16)18-5-3-4-17-12-20-23-19(17)18/h3-5,12,15-16H,2,6-11,13-14H2,1H3. The van der Waals surface area contributed by atoms with Gasteiger partial charge in [0.25, 0.3) is 0 Å². The topological polar surface area (TPSA) is 32.5 Å². The molecule has 2 saturated heterocycles. The second-order valence-electron chi connectivity index (χ2n) is 7.27. The molecule has 4 rings (SSSR count). The van der Waals surface area contributed by atoms with Gasteiger partial charge in [-0.3, -0.25) is 0 Å². The van der Waals surface area contributed by atoms with Gasteiger partial charge in [-0.1, -0.05) is 24.6 Å². The van der Waals surface area contributed by atoms with Crippen molar-refractivity contribution in [3.63, 3.8) is 0 Å². The molecule has 0 radical (unpaired) electrons. The van der Waals surface area contributed by atoms with Crippen LogP contribution < -0.4 is 4.90 Å². The average Bonchev–Trinajstić information content (AvgIpc) is 3.24. The number of anilines is 1. The Morgan fingerprint density at radius 1 is 1.13 bits per heavy atom. The molecule has 1 aromatic carbocycles. The Labute approximate surface area is 138 Å². The van der Waals surface area contributed by atoms with Gasteiger partial charge < -0.3 is 14.3 Å². The van der Waals surface area contributed by atoms with Crippen molar-refractivity contribution < 1.29 is 4.52 Å². The number of hydrogen-bond acceptors (Lipinski definition) is 4. The zero-order valence-corrected chi connectivity index (χ0v) is 14.1. The number of fused-ring (bicyclic) bond motifs is 1. The first kappa shape index (κ1) is 15.0. The van der Waals surface area contributed by atoms with Crippen LogP contribution in [0.1, 0.15) is 32.6 Å². The third-order valence-electron chi connectivity index (χ3n) is 5.79. The molecule has 23 heavy (non-hydrogen) atoms. The predicted octanol–water partition coefficient (Wildman–Crippen LogP) is 3.78. The molecule has 2 aliphatic rings. The molecule has 4 heteroatoms. The molecule has 124 valence electrons. The van der Waals surface area contributed by atoms with Crippen LogP contribution in [0.4, 0.5) is 5.69 Å². The summed E-state index contributed by atoms with van der Waals surface area (Å²) in [5, 5.41) is 5.06. The van der Waals surface area contributed by atoms with Crippen molar-refractivity contribution in [1.82, 2.24) is 10.1 Å². The lowest BCUT2D eigenvalue weighted by Crippen LogP contribution is -2.37. The van der Waals surface area contributed by atoms with Crippen LogP contribution in [0.2, 0.25) is 0 Å². The lowest BCUT2D eigenvalue weighted by atomic mass is 9.94. The number of rotatable bonds is 4. The van der Waals surface area contributed by atoms with E-state index in [-0.39, 0.29) is 0 Å². The smallest absolute Gasteiger partial charge is 0.190 e. The quantitative estimate of drug-likeness (QED) is 0.860. The summed E-state index contributed by atoms with van der Waals surface area (Å²) in [5.74, 6) is 1.75. The van der Waals surface area contributed by atoms with E-state index < -0.39 is 0 Å². The monoisotopic (exact) mass is 313 g/mol. The molecule has 0 N–H and O–H groups in total. The van der Waals surface area contributed by atoms with Gasteiger partial charge in [0, 0.05) is 25.0 Å². The predicted molar refractivity (Wildman–Crippen MR) is 93.8 cm³/mol. The van der Waals surface area contributed by atoms with Crippen LogP contribution in [0.3, 0.4) is 0 Å². The van der Waals surface area contributed by atoms with Crippen molar-refractivity contribution in [1.29, 1.82) is 0 Å². The van der Waals surface area contributed by atoms with E-state index >= 15 is 0 Å². The van der Waals surface area contributed by atoms with Gasteiger partial charge in [0.1, 0.15) is 0 Å². The van der Waals surface area contributed by atoms with Crippen LogP contribution in [0, 0.1) is 11.8 Å². The van der Waals surface area contributed by atoms with Crippen molar-refractivity contribution in [2.24, 2.45) is 11.8 Å². The molecule has 4 nitrogen and oxygen atoms in total. The van der Waals surface area contributed by atoms with Crippen molar-refractivity contribution in [2.75, 3.05) is 37.6 Å². The Morgan fingerprint density at radius 3 is 2.78 bits per heavy atom. The first-order valence-corrected chi connectivity index (χ1v) is 9.14. The lowest BCUT2D eigenvalue weighted by Gasteiger charge is -2.33. The van der Waals surface area contributed by atoms with Gasteiger partial charge >= 0.3 is 0 Å². The van der Waals surface area contributed by atoms with Gasteiger partial charge in [-0.25, -0.2) is 0 Å². The fraction of sp³-hybridized carbons (Fsp3) is 0.632. The maximum absolute atomic E-state index is 5.47. The highest BCUT2D eigenvalue weighted by Gasteiger charge is 2.27. The van der Waals surface area contributed by atoms with Crippen molar-refractivity contribution in [2.45, 2.75) is 32.6 Å². The van der Waals surface area contributed by atoms with Crippen molar-refractivity contribution in [3.8, 4) is 0 Å². The van der Waals surface area contributed by atoms with E-state index in [0.29, 0.717) is 0 Å². The van der Waals surface area contributed by atoms with Crippen LogP contribution in [-0.2, 0) is 0 Å². The number of nitrogens with zero attached hydrogens (tertiary/aromatic N) is 3. The van der Waals surface area contributed by atoms with E-state index in [0.717, 1.165) is 35.9 Å². The van der Waals surface area contributed by atoms with E-state index in [1.54, 1.807) is 0 Å². The van der Waals surface area contributed by atoms with Crippen molar-refractivity contribution in [3.05, 3.63) is 24.4 Å². The molecule has 0 spiro atoms. The molecule has 0 amide bonds. The van der Waals surface area contributed by atoms with E-state index in [1.165, 1.54) is 51.0 Å². The molecule has 1 aromatic heterocycles. The highest BCUT2D eigenvalue weighted by atomic mass is 16.5. The number of hydrogen-bond donors (Lipinski definition) is 0. The zero-order valence-electron chi connectivity index (χ0n) is 14.1. The fourth-order valence-corrected chi connectivity index (χ4v) is 4.27. The summed E-state index contributed by atoms with van der Waals surface area (Å²) in [4.78, 5) is 5.17. The number of benzene rings is 1. The summed E-state index contributed by atoms with van der Waals surface area (Å²) in [6, 6.07) is 6.35. The van der Waals surface area contributed by atoms with E-state index in [9.17, 15) is 0 Å². The third-order valence-corrected chi connectivity index (χ3v) is 5.79. The maximum Gasteiger partial charge on any atom is 0.190 e. The van der Waals surface area contributed by atoms with Crippen LogP contribution in [0.25, 0.3) is 11.0 Å². The second kappa shape index (κ2) is 6.52. The molecule has 1 atom stereocenters. The molecule has 0 bridgehead atoms. The summed E-state index contributed by atoms with van der Waals surface area (Å²) >= 11 is 0. The van der Waals surface area contributed by atoms with Crippen LogP contribution in [0.15, 0.2) is 28.9 Å². The molecular weight excluding hydrogens is 286 g/mol. The lowest BCUT2D eigenvalue weighted by molar-refractivity contribution is 0.162. The SMILES string of the molecule is CCC1CCN(CC2CCN(c3cccc4cnoc34)C2)CC1. The highest BCUT2D eigenvalue weighted by molar-refractivity contribution is 5.88. The van der Waals surface area contributed by atoms with E-state index in [1.807, 2.05) is 6.20 Å². The maximum atomic E-state index is 5.47. The summed E-state index contributed by atoms with van der Waals surface area (Å²) in [6.07, 6.45) is 7.24. The van der Waals surface area contributed by atoms with Crippen LogP contribution in [0.5, 0.6) is 0 Å². The Bertz CT molecular complexity index is 645. The number of piperidine rings is 1. The summed E-state index contributed by atoms with van der Waals surface area (Å²) in [5.41, 5.74) is 2.16. The van der Waals surface area contributed by atoms with Gasteiger partial charge in [0.15, 0.2) is 5.58 Å². The Hall–Kier alpha value is -1.55. The first-order valence-electron chi connectivity index (χ1n) is 9.14. The Balaban J connectivity index is 1.37. The van der Waals surface area contributed by atoms with Gasteiger partial charge in [-0.2, -0.15) is 0 Å². The van der Waals surface area contributed by atoms with Gasteiger partial charge in [-0.15, -0.1) is 0 Å². The van der Waals surface area contributed by atoms with Gasteiger partial charge in [-0.05, 0) is 56.3 Å². The molecule has 2 aliphatic heterocycles. The minimum absolute atomic E-state index is 0.784. The van der Waals surface area contributed by atoms with Gasteiger partial charge in [0.05, 0.1) is 11.9 Å². The zero-order chi connectivity index (χ0) is 15.6. The second-order valence-corrected chi connectivity index (χ2v) is 7.27. The molecule has 2 fully saturated rings. The average molecular weight is 313 g/mol. The molecule has 2 aromatic rings. The Morgan fingerprint density at radius 2 is 1.96 bits per heavy atom. The highest BCUT2D eigenvalue weighted by Crippen LogP contribution is 2.31. The minimum atomic E-state index is 0.784. The molecular formula is C19H27N3O.